The molecule has 0 radical (unpaired) electrons. The van der Waals surface area contributed by atoms with E-state index in [9.17, 15) is 4.79 Å². The standard InChI is InChI=1S/C15H24N2O2/c1-4-5-6-8-15(2,3)11-17-12-7-9-16-13(10-12)14(18)19/h7,9-10H,4-6,8,11H2,1-3H3,(H,16,17)(H,18,19). The van der Waals surface area contributed by atoms with Crippen molar-refractivity contribution < 1.29 is 9.90 Å². The lowest BCUT2D eigenvalue weighted by Crippen LogP contribution is -2.23. The molecule has 0 atom stereocenters. The van der Waals surface area contributed by atoms with Gasteiger partial charge in [0.05, 0.1) is 0 Å². The summed E-state index contributed by atoms with van der Waals surface area (Å²) in [5, 5.41) is 12.2. The number of nitrogens with one attached hydrogen (secondary N) is 1. The van der Waals surface area contributed by atoms with Crippen LogP contribution in [-0.2, 0) is 0 Å². The molecule has 106 valence electrons. The van der Waals surface area contributed by atoms with E-state index in [2.05, 4.69) is 31.1 Å². The van der Waals surface area contributed by atoms with Crippen molar-refractivity contribution in [3.8, 4) is 0 Å². The Balaban J connectivity index is 2.51. The SMILES string of the molecule is CCCCCC(C)(C)CNc1ccnc(C(=O)O)c1. The molecule has 0 amide bonds. The van der Waals surface area contributed by atoms with Gasteiger partial charge >= 0.3 is 5.97 Å². The van der Waals surface area contributed by atoms with Crippen molar-refractivity contribution in [2.24, 2.45) is 5.41 Å². The van der Waals surface area contributed by atoms with Crippen LogP contribution in [0.5, 0.6) is 0 Å². The molecule has 1 aromatic rings. The molecular formula is C15H24N2O2. The second-order valence-corrected chi connectivity index (χ2v) is 5.71. The van der Waals surface area contributed by atoms with Crippen LogP contribution in [0.3, 0.4) is 0 Å². The van der Waals surface area contributed by atoms with Crippen molar-refractivity contribution in [2.75, 3.05) is 11.9 Å². The Labute approximate surface area is 115 Å². The highest BCUT2D eigenvalue weighted by Crippen LogP contribution is 2.24. The quantitative estimate of drug-likeness (QED) is 0.701. The summed E-state index contributed by atoms with van der Waals surface area (Å²) in [6, 6.07) is 3.37. The Hall–Kier alpha value is -1.58. The lowest BCUT2D eigenvalue weighted by molar-refractivity contribution is 0.0690. The topological polar surface area (TPSA) is 62.2 Å². The summed E-state index contributed by atoms with van der Waals surface area (Å²) in [6.07, 6.45) is 6.43. The van der Waals surface area contributed by atoms with Crippen LogP contribution >= 0.6 is 0 Å². The van der Waals surface area contributed by atoms with Gasteiger partial charge in [-0.15, -0.1) is 0 Å². The van der Waals surface area contributed by atoms with Crippen molar-refractivity contribution in [3.63, 3.8) is 0 Å². The minimum Gasteiger partial charge on any atom is -0.477 e. The van der Waals surface area contributed by atoms with E-state index in [4.69, 9.17) is 5.11 Å². The van der Waals surface area contributed by atoms with Crippen molar-refractivity contribution in [1.29, 1.82) is 0 Å². The van der Waals surface area contributed by atoms with Gasteiger partial charge in [-0.25, -0.2) is 9.78 Å². The van der Waals surface area contributed by atoms with Crippen LogP contribution in [0.15, 0.2) is 18.3 Å². The smallest absolute Gasteiger partial charge is 0.354 e. The molecule has 4 heteroatoms. The summed E-state index contributed by atoms with van der Waals surface area (Å²) in [6.45, 7) is 7.50. The summed E-state index contributed by atoms with van der Waals surface area (Å²) in [5.41, 5.74) is 1.10. The van der Waals surface area contributed by atoms with Gasteiger partial charge in [0, 0.05) is 18.4 Å². The van der Waals surface area contributed by atoms with Crippen LogP contribution in [0.25, 0.3) is 0 Å². The summed E-state index contributed by atoms with van der Waals surface area (Å²) >= 11 is 0. The zero-order chi connectivity index (χ0) is 14.3. The molecule has 2 N–H and O–H groups in total. The molecule has 0 saturated heterocycles. The van der Waals surface area contributed by atoms with E-state index in [1.54, 1.807) is 12.1 Å². The highest BCUT2D eigenvalue weighted by Gasteiger charge is 2.17. The molecule has 19 heavy (non-hydrogen) atoms. The molecule has 1 aromatic heterocycles. The number of nitrogens with zero attached hydrogens (tertiary/aromatic N) is 1. The van der Waals surface area contributed by atoms with Gasteiger partial charge in [-0.05, 0) is 24.0 Å². The molecule has 0 bridgehead atoms. The second kappa shape index (κ2) is 7.12. The van der Waals surface area contributed by atoms with E-state index in [1.807, 2.05) is 0 Å². The maximum absolute atomic E-state index is 10.8. The number of unbranched alkanes of at least 4 members (excludes halogenated alkanes) is 2. The fourth-order valence-electron chi connectivity index (χ4n) is 1.94. The van der Waals surface area contributed by atoms with Crippen LogP contribution < -0.4 is 5.32 Å². The van der Waals surface area contributed by atoms with Crippen LogP contribution in [0.1, 0.15) is 56.9 Å². The summed E-state index contributed by atoms with van der Waals surface area (Å²) < 4.78 is 0. The van der Waals surface area contributed by atoms with E-state index in [1.165, 1.54) is 31.9 Å². The van der Waals surface area contributed by atoms with E-state index in [0.717, 1.165) is 12.2 Å². The first-order valence-electron chi connectivity index (χ1n) is 6.88. The fourth-order valence-corrected chi connectivity index (χ4v) is 1.94. The normalized spacial score (nSPS) is 11.3. The summed E-state index contributed by atoms with van der Waals surface area (Å²) in [5.74, 6) is -0.995. The molecular weight excluding hydrogens is 240 g/mol. The third-order valence-electron chi connectivity index (χ3n) is 3.21. The predicted molar refractivity (Wildman–Crippen MR) is 77.6 cm³/mol. The molecule has 0 aliphatic carbocycles. The number of carbonyl (C=O) groups is 1. The minimum atomic E-state index is -0.995. The highest BCUT2D eigenvalue weighted by molar-refractivity contribution is 5.86. The van der Waals surface area contributed by atoms with Crippen molar-refractivity contribution >= 4 is 11.7 Å². The average Bonchev–Trinajstić information content (AvgIpc) is 2.37. The molecule has 0 aromatic carbocycles. The van der Waals surface area contributed by atoms with Crippen molar-refractivity contribution in [3.05, 3.63) is 24.0 Å². The van der Waals surface area contributed by atoms with Gasteiger partial charge in [-0.2, -0.15) is 0 Å². The maximum Gasteiger partial charge on any atom is 0.354 e. The zero-order valence-electron chi connectivity index (χ0n) is 12.1. The van der Waals surface area contributed by atoms with Crippen molar-refractivity contribution in [2.45, 2.75) is 46.5 Å². The summed E-state index contributed by atoms with van der Waals surface area (Å²) in [4.78, 5) is 14.6. The van der Waals surface area contributed by atoms with E-state index in [0.29, 0.717) is 0 Å². The molecule has 1 heterocycles. The molecule has 0 saturated carbocycles. The number of anilines is 1. The molecule has 0 unspecified atom stereocenters. The number of aromatic carboxylic acids is 1. The van der Waals surface area contributed by atoms with Gasteiger partial charge in [0.25, 0.3) is 0 Å². The molecule has 0 fully saturated rings. The van der Waals surface area contributed by atoms with E-state index in [-0.39, 0.29) is 11.1 Å². The molecule has 4 nitrogen and oxygen atoms in total. The van der Waals surface area contributed by atoms with Gasteiger partial charge in [0.15, 0.2) is 0 Å². The van der Waals surface area contributed by atoms with E-state index < -0.39 is 5.97 Å². The van der Waals surface area contributed by atoms with Gasteiger partial charge in [-0.1, -0.05) is 40.0 Å². The van der Waals surface area contributed by atoms with Crippen LogP contribution in [-0.4, -0.2) is 22.6 Å². The third-order valence-corrected chi connectivity index (χ3v) is 3.21. The number of pyridine rings is 1. The monoisotopic (exact) mass is 264 g/mol. The number of carboxylic acid groups (broad SMARTS) is 1. The zero-order valence-corrected chi connectivity index (χ0v) is 12.1. The second-order valence-electron chi connectivity index (χ2n) is 5.71. The Kier molecular flexibility index (Phi) is 5.80. The van der Waals surface area contributed by atoms with Crippen molar-refractivity contribution in [1.82, 2.24) is 4.98 Å². The first-order chi connectivity index (χ1) is 8.94. The van der Waals surface area contributed by atoms with Gasteiger partial charge < -0.3 is 10.4 Å². The van der Waals surface area contributed by atoms with Gasteiger partial charge in [0.2, 0.25) is 0 Å². The minimum absolute atomic E-state index is 0.0776. The van der Waals surface area contributed by atoms with E-state index >= 15 is 0 Å². The lowest BCUT2D eigenvalue weighted by Gasteiger charge is -2.25. The lowest BCUT2D eigenvalue weighted by atomic mass is 9.87. The van der Waals surface area contributed by atoms with Gasteiger partial charge in [0.1, 0.15) is 5.69 Å². The van der Waals surface area contributed by atoms with Gasteiger partial charge in [-0.3, -0.25) is 0 Å². The molecule has 0 spiro atoms. The average molecular weight is 264 g/mol. The highest BCUT2D eigenvalue weighted by atomic mass is 16.4. The summed E-state index contributed by atoms with van der Waals surface area (Å²) in [7, 11) is 0. The Morgan fingerprint density at radius 3 is 2.79 bits per heavy atom. The third kappa shape index (κ3) is 5.73. The Morgan fingerprint density at radius 2 is 2.16 bits per heavy atom. The fraction of sp³-hybridized carbons (Fsp3) is 0.600. The largest absolute Gasteiger partial charge is 0.477 e. The Bertz CT molecular complexity index is 416. The Morgan fingerprint density at radius 1 is 1.42 bits per heavy atom. The number of aromatic nitrogens is 1. The predicted octanol–water partition coefficient (Wildman–Crippen LogP) is 3.80. The molecule has 0 aliphatic heterocycles. The van der Waals surface area contributed by atoms with Crippen LogP contribution in [0.4, 0.5) is 5.69 Å². The molecule has 1 rings (SSSR count). The van der Waals surface area contributed by atoms with Crippen LogP contribution in [0.2, 0.25) is 0 Å². The molecule has 0 aliphatic rings. The number of hydrogen-bond acceptors (Lipinski definition) is 3. The first-order valence-corrected chi connectivity index (χ1v) is 6.88. The van der Waals surface area contributed by atoms with Crippen LogP contribution in [0, 0.1) is 5.41 Å². The number of carboxylic acids is 1. The number of rotatable bonds is 8. The first kappa shape index (κ1) is 15.5. The maximum atomic E-state index is 10.8. The number of hydrogen-bond donors (Lipinski definition) is 2.